The number of nitrogens with zero attached hydrogens (tertiary/aromatic N) is 1. The standard InChI is InChI=1S/C13H12F2N2/c1-9-10(3-2-6-16-9)8-17-13-7-11(14)4-5-12(13)15/h2-7,17H,8H2,1H3. The van der Waals surface area contributed by atoms with Crippen molar-refractivity contribution in [3.63, 3.8) is 0 Å². The number of pyridine rings is 1. The first-order chi connectivity index (χ1) is 8.16. The second-order valence-electron chi connectivity index (χ2n) is 3.73. The van der Waals surface area contributed by atoms with Crippen LogP contribution >= 0.6 is 0 Å². The number of aryl methyl sites for hydroxylation is 1. The van der Waals surface area contributed by atoms with E-state index < -0.39 is 11.6 Å². The molecule has 0 radical (unpaired) electrons. The third-order valence-corrected chi connectivity index (χ3v) is 2.51. The Morgan fingerprint density at radius 2 is 2.06 bits per heavy atom. The summed E-state index contributed by atoms with van der Waals surface area (Å²) in [6.07, 6.45) is 1.70. The summed E-state index contributed by atoms with van der Waals surface area (Å²) in [6.45, 7) is 2.29. The molecule has 2 nitrogen and oxygen atoms in total. The van der Waals surface area contributed by atoms with Gasteiger partial charge in [-0.2, -0.15) is 0 Å². The number of hydrogen-bond acceptors (Lipinski definition) is 2. The number of aromatic nitrogens is 1. The zero-order valence-electron chi connectivity index (χ0n) is 9.37. The van der Waals surface area contributed by atoms with Crippen molar-refractivity contribution in [2.75, 3.05) is 5.32 Å². The third kappa shape index (κ3) is 2.78. The fourth-order valence-electron chi connectivity index (χ4n) is 1.53. The van der Waals surface area contributed by atoms with E-state index in [2.05, 4.69) is 10.3 Å². The first-order valence-corrected chi connectivity index (χ1v) is 5.26. The Balaban J connectivity index is 2.12. The van der Waals surface area contributed by atoms with Crippen LogP contribution in [0.2, 0.25) is 0 Å². The van der Waals surface area contributed by atoms with Gasteiger partial charge in [0.15, 0.2) is 0 Å². The highest BCUT2D eigenvalue weighted by atomic mass is 19.1. The Bertz CT molecular complexity index is 527. The lowest BCUT2D eigenvalue weighted by molar-refractivity contribution is 0.602. The van der Waals surface area contributed by atoms with Crippen molar-refractivity contribution in [1.82, 2.24) is 4.98 Å². The lowest BCUT2D eigenvalue weighted by Gasteiger charge is -2.09. The van der Waals surface area contributed by atoms with Crippen LogP contribution in [-0.2, 0) is 6.54 Å². The highest BCUT2D eigenvalue weighted by Gasteiger charge is 2.04. The average Bonchev–Trinajstić information content (AvgIpc) is 2.32. The summed E-state index contributed by atoms with van der Waals surface area (Å²) in [5.41, 5.74) is 1.99. The maximum absolute atomic E-state index is 13.3. The first-order valence-electron chi connectivity index (χ1n) is 5.26. The minimum atomic E-state index is -0.465. The summed E-state index contributed by atoms with van der Waals surface area (Å²) in [5, 5.41) is 2.86. The summed E-state index contributed by atoms with van der Waals surface area (Å²) >= 11 is 0. The monoisotopic (exact) mass is 234 g/mol. The molecule has 4 heteroatoms. The molecule has 17 heavy (non-hydrogen) atoms. The minimum Gasteiger partial charge on any atom is -0.378 e. The van der Waals surface area contributed by atoms with Crippen molar-refractivity contribution >= 4 is 5.69 Å². The van der Waals surface area contributed by atoms with Crippen LogP contribution in [0.15, 0.2) is 36.5 Å². The Hall–Kier alpha value is -1.97. The van der Waals surface area contributed by atoms with Crippen molar-refractivity contribution in [3.8, 4) is 0 Å². The highest BCUT2D eigenvalue weighted by molar-refractivity contribution is 5.45. The van der Waals surface area contributed by atoms with Crippen LogP contribution in [0.5, 0.6) is 0 Å². The molecule has 1 heterocycles. The molecular formula is C13H12F2N2. The molecule has 1 N–H and O–H groups in total. The van der Waals surface area contributed by atoms with E-state index in [-0.39, 0.29) is 5.69 Å². The second kappa shape index (κ2) is 4.91. The van der Waals surface area contributed by atoms with Gasteiger partial charge in [-0.15, -0.1) is 0 Å². The van der Waals surface area contributed by atoms with Crippen molar-refractivity contribution in [2.24, 2.45) is 0 Å². The molecule has 0 saturated carbocycles. The predicted octanol–water partition coefficient (Wildman–Crippen LogP) is 3.28. The molecule has 0 spiro atoms. The largest absolute Gasteiger partial charge is 0.378 e. The maximum atomic E-state index is 13.3. The molecule has 0 amide bonds. The van der Waals surface area contributed by atoms with Gasteiger partial charge in [-0.25, -0.2) is 8.78 Å². The molecular weight excluding hydrogens is 222 g/mol. The van der Waals surface area contributed by atoms with Gasteiger partial charge in [-0.05, 0) is 36.8 Å². The zero-order valence-corrected chi connectivity index (χ0v) is 9.37. The zero-order chi connectivity index (χ0) is 12.3. The van der Waals surface area contributed by atoms with E-state index in [1.807, 2.05) is 19.1 Å². The average molecular weight is 234 g/mol. The molecule has 0 fully saturated rings. The Morgan fingerprint density at radius 3 is 2.82 bits per heavy atom. The summed E-state index contributed by atoms with van der Waals surface area (Å²) in [6, 6.07) is 7.04. The molecule has 1 aromatic carbocycles. The SMILES string of the molecule is Cc1ncccc1CNc1cc(F)ccc1F. The van der Waals surface area contributed by atoms with Crippen molar-refractivity contribution in [2.45, 2.75) is 13.5 Å². The van der Waals surface area contributed by atoms with E-state index in [1.165, 1.54) is 0 Å². The predicted molar refractivity (Wildman–Crippen MR) is 62.7 cm³/mol. The fraction of sp³-hybridized carbons (Fsp3) is 0.154. The van der Waals surface area contributed by atoms with Gasteiger partial charge >= 0.3 is 0 Å². The van der Waals surface area contributed by atoms with Crippen molar-refractivity contribution in [3.05, 3.63) is 59.4 Å². The molecule has 0 aliphatic heterocycles. The number of benzene rings is 1. The Kier molecular flexibility index (Phi) is 3.32. The first kappa shape index (κ1) is 11.5. The van der Waals surface area contributed by atoms with Crippen LogP contribution in [-0.4, -0.2) is 4.98 Å². The van der Waals surface area contributed by atoms with E-state index in [9.17, 15) is 8.78 Å². The Labute approximate surface area is 98.3 Å². The van der Waals surface area contributed by atoms with E-state index >= 15 is 0 Å². The molecule has 2 rings (SSSR count). The molecule has 0 saturated heterocycles. The van der Waals surface area contributed by atoms with Crippen LogP contribution < -0.4 is 5.32 Å². The van der Waals surface area contributed by atoms with Gasteiger partial charge in [0.2, 0.25) is 0 Å². The maximum Gasteiger partial charge on any atom is 0.146 e. The lowest BCUT2D eigenvalue weighted by Crippen LogP contribution is -2.04. The van der Waals surface area contributed by atoms with E-state index in [0.717, 1.165) is 29.5 Å². The second-order valence-corrected chi connectivity index (χ2v) is 3.73. The molecule has 0 unspecified atom stereocenters. The summed E-state index contributed by atoms with van der Waals surface area (Å²) in [4.78, 5) is 4.12. The molecule has 0 aliphatic rings. The van der Waals surface area contributed by atoms with Gasteiger partial charge in [0.1, 0.15) is 11.6 Å². The van der Waals surface area contributed by atoms with Crippen LogP contribution in [0.1, 0.15) is 11.3 Å². The fourth-order valence-corrected chi connectivity index (χ4v) is 1.53. The lowest BCUT2D eigenvalue weighted by atomic mass is 10.2. The molecule has 2 aromatic rings. The molecule has 0 aliphatic carbocycles. The summed E-state index contributed by atoms with van der Waals surface area (Å²) in [7, 11) is 0. The van der Waals surface area contributed by atoms with Crippen LogP contribution in [0.3, 0.4) is 0 Å². The highest BCUT2D eigenvalue weighted by Crippen LogP contribution is 2.16. The van der Waals surface area contributed by atoms with Gasteiger partial charge < -0.3 is 5.32 Å². The third-order valence-electron chi connectivity index (χ3n) is 2.51. The molecule has 1 aromatic heterocycles. The van der Waals surface area contributed by atoms with Gasteiger partial charge in [-0.1, -0.05) is 6.07 Å². The topological polar surface area (TPSA) is 24.9 Å². The Morgan fingerprint density at radius 1 is 1.24 bits per heavy atom. The quantitative estimate of drug-likeness (QED) is 0.881. The molecule has 88 valence electrons. The van der Waals surface area contributed by atoms with Crippen molar-refractivity contribution in [1.29, 1.82) is 0 Å². The smallest absolute Gasteiger partial charge is 0.146 e. The van der Waals surface area contributed by atoms with Crippen LogP contribution in [0.4, 0.5) is 14.5 Å². The molecule has 0 bridgehead atoms. The molecule has 0 atom stereocenters. The minimum absolute atomic E-state index is 0.160. The summed E-state index contributed by atoms with van der Waals surface area (Å²) < 4.78 is 26.3. The number of anilines is 1. The number of nitrogens with one attached hydrogen (secondary N) is 1. The van der Waals surface area contributed by atoms with Gasteiger partial charge in [0.05, 0.1) is 5.69 Å². The van der Waals surface area contributed by atoms with E-state index in [1.54, 1.807) is 6.20 Å². The van der Waals surface area contributed by atoms with Crippen LogP contribution in [0.25, 0.3) is 0 Å². The number of hydrogen-bond donors (Lipinski definition) is 1. The van der Waals surface area contributed by atoms with Gasteiger partial charge in [0, 0.05) is 18.4 Å². The normalized spacial score (nSPS) is 10.3. The van der Waals surface area contributed by atoms with Crippen LogP contribution in [0, 0.1) is 18.6 Å². The van der Waals surface area contributed by atoms with Gasteiger partial charge in [0.25, 0.3) is 0 Å². The van der Waals surface area contributed by atoms with Gasteiger partial charge in [-0.3, -0.25) is 4.98 Å². The number of rotatable bonds is 3. The number of halogens is 2. The van der Waals surface area contributed by atoms with E-state index in [4.69, 9.17) is 0 Å². The summed E-state index contributed by atoms with van der Waals surface area (Å²) in [5.74, 6) is -0.926. The van der Waals surface area contributed by atoms with E-state index in [0.29, 0.717) is 6.54 Å². The van der Waals surface area contributed by atoms with Crippen molar-refractivity contribution < 1.29 is 8.78 Å².